The standard InChI is InChI=1S/C23H17N5O3/c1-15-24-21(31-26-15)14-28-23(30)27-13-19(11-12-20(27)25-28)16-7-9-18(10-8-16)22(29)17-5-3-2-4-6-17/h2-13H,14H2,1H3. The predicted octanol–water partition coefficient (Wildman–Crippen LogP) is 3.13. The number of nitrogens with zero attached hydrogens (tertiary/aromatic N) is 5. The summed E-state index contributed by atoms with van der Waals surface area (Å²) < 4.78 is 7.84. The molecular weight excluding hydrogens is 394 g/mol. The Morgan fingerprint density at radius 3 is 2.35 bits per heavy atom. The summed E-state index contributed by atoms with van der Waals surface area (Å²) in [4.78, 5) is 29.5. The maximum atomic E-state index is 12.8. The second-order valence-corrected chi connectivity index (χ2v) is 7.09. The predicted molar refractivity (Wildman–Crippen MR) is 113 cm³/mol. The monoisotopic (exact) mass is 411 g/mol. The molecule has 0 aliphatic carbocycles. The Morgan fingerprint density at radius 2 is 1.65 bits per heavy atom. The first-order valence-electron chi connectivity index (χ1n) is 9.67. The normalized spacial score (nSPS) is 11.1. The van der Waals surface area contributed by atoms with Crippen LogP contribution < -0.4 is 5.69 Å². The number of hydrogen-bond donors (Lipinski definition) is 0. The number of hydrogen-bond acceptors (Lipinski definition) is 6. The van der Waals surface area contributed by atoms with Gasteiger partial charge in [0.2, 0.25) is 5.89 Å². The smallest absolute Gasteiger partial charge is 0.337 e. The quantitative estimate of drug-likeness (QED) is 0.412. The van der Waals surface area contributed by atoms with Crippen molar-refractivity contribution in [1.82, 2.24) is 24.3 Å². The molecule has 0 atom stereocenters. The number of aromatic nitrogens is 5. The Kier molecular flexibility index (Phi) is 4.51. The minimum Gasteiger partial charge on any atom is -0.337 e. The van der Waals surface area contributed by atoms with Gasteiger partial charge in [-0.1, -0.05) is 59.8 Å². The van der Waals surface area contributed by atoms with Gasteiger partial charge in [-0.25, -0.2) is 13.9 Å². The van der Waals surface area contributed by atoms with Gasteiger partial charge >= 0.3 is 5.69 Å². The van der Waals surface area contributed by atoms with E-state index in [1.54, 1.807) is 43.5 Å². The lowest BCUT2D eigenvalue weighted by Crippen LogP contribution is -2.21. The van der Waals surface area contributed by atoms with Gasteiger partial charge in [0.25, 0.3) is 0 Å². The van der Waals surface area contributed by atoms with Crippen LogP contribution in [0.1, 0.15) is 27.6 Å². The summed E-state index contributed by atoms with van der Waals surface area (Å²) >= 11 is 0. The summed E-state index contributed by atoms with van der Waals surface area (Å²) in [6.07, 6.45) is 1.73. The Labute approximate surface area is 176 Å². The largest absolute Gasteiger partial charge is 0.350 e. The topological polar surface area (TPSA) is 95.3 Å². The van der Waals surface area contributed by atoms with Crippen molar-refractivity contribution < 1.29 is 9.32 Å². The molecule has 0 saturated heterocycles. The summed E-state index contributed by atoms with van der Waals surface area (Å²) in [5.74, 6) is 0.793. The third-order valence-electron chi connectivity index (χ3n) is 4.95. The highest BCUT2D eigenvalue weighted by Crippen LogP contribution is 2.21. The second-order valence-electron chi connectivity index (χ2n) is 7.09. The van der Waals surface area contributed by atoms with Crippen LogP contribution in [0.15, 0.2) is 82.2 Å². The van der Waals surface area contributed by atoms with Crippen molar-refractivity contribution in [2.24, 2.45) is 0 Å². The van der Waals surface area contributed by atoms with Gasteiger partial charge in [0.05, 0.1) is 0 Å². The molecule has 0 spiro atoms. The maximum Gasteiger partial charge on any atom is 0.350 e. The van der Waals surface area contributed by atoms with Crippen LogP contribution in [0.5, 0.6) is 0 Å². The lowest BCUT2D eigenvalue weighted by Gasteiger charge is -2.05. The van der Waals surface area contributed by atoms with Crippen molar-refractivity contribution >= 4 is 11.4 Å². The molecule has 5 aromatic rings. The summed E-state index contributed by atoms with van der Waals surface area (Å²) in [6.45, 7) is 1.82. The lowest BCUT2D eigenvalue weighted by atomic mass is 10.00. The average Bonchev–Trinajstić information content (AvgIpc) is 3.36. The molecule has 0 N–H and O–H groups in total. The number of fused-ring (bicyclic) bond motifs is 1. The Bertz CT molecular complexity index is 1450. The van der Waals surface area contributed by atoms with E-state index in [1.807, 2.05) is 36.4 Å². The number of pyridine rings is 1. The van der Waals surface area contributed by atoms with Crippen molar-refractivity contribution in [1.29, 1.82) is 0 Å². The first-order valence-corrected chi connectivity index (χ1v) is 9.67. The molecule has 5 rings (SSSR count). The Morgan fingerprint density at radius 1 is 0.935 bits per heavy atom. The van der Waals surface area contributed by atoms with Crippen LogP contribution >= 0.6 is 0 Å². The third kappa shape index (κ3) is 3.55. The third-order valence-corrected chi connectivity index (χ3v) is 4.95. The molecule has 0 radical (unpaired) electrons. The van der Waals surface area contributed by atoms with Gasteiger partial charge in [-0.05, 0) is 30.2 Å². The Balaban J connectivity index is 1.44. The highest BCUT2D eigenvalue weighted by atomic mass is 16.5. The lowest BCUT2D eigenvalue weighted by molar-refractivity contribution is 0.103. The zero-order valence-corrected chi connectivity index (χ0v) is 16.6. The number of rotatable bonds is 5. The minimum absolute atomic E-state index is 0.0311. The van der Waals surface area contributed by atoms with E-state index in [-0.39, 0.29) is 18.0 Å². The van der Waals surface area contributed by atoms with E-state index in [9.17, 15) is 9.59 Å². The summed E-state index contributed by atoms with van der Waals surface area (Å²) in [7, 11) is 0. The van der Waals surface area contributed by atoms with E-state index in [0.29, 0.717) is 28.5 Å². The van der Waals surface area contributed by atoms with Gasteiger partial charge in [-0.3, -0.25) is 4.79 Å². The molecule has 8 heteroatoms. The molecule has 152 valence electrons. The molecule has 2 aromatic carbocycles. The first kappa shape index (κ1) is 18.7. The van der Waals surface area contributed by atoms with Crippen LogP contribution in [0.3, 0.4) is 0 Å². The van der Waals surface area contributed by atoms with Crippen molar-refractivity contribution in [3.05, 3.63) is 106 Å². The van der Waals surface area contributed by atoms with Gasteiger partial charge in [0.15, 0.2) is 17.3 Å². The SMILES string of the molecule is Cc1noc(Cn2nc3ccc(-c4ccc(C(=O)c5ccccc5)cc4)cn3c2=O)n1. The molecule has 3 heterocycles. The fraction of sp³-hybridized carbons (Fsp3) is 0.0870. The molecule has 8 nitrogen and oxygen atoms in total. The van der Waals surface area contributed by atoms with Crippen LogP contribution in [0.25, 0.3) is 16.8 Å². The molecule has 0 unspecified atom stereocenters. The van der Waals surface area contributed by atoms with E-state index in [1.165, 1.54) is 9.08 Å². The van der Waals surface area contributed by atoms with Gasteiger partial charge < -0.3 is 4.52 Å². The summed E-state index contributed by atoms with van der Waals surface area (Å²) in [6, 6.07) is 20.1. The summed E-state index contributed by atoms with van der Waals surface area (Å²) in [5, 5.41) is 8.05. The molecule has 0 aliphatic heterocycles. The maximum absolute atomic E-state index is 12.8. The number of carbonyl (C=O) groups excluding carboxylic acids is 1. The van der Waals surface area contributed by atoms with E-state index in [0.717, 1.165) is 11.1 Å². The van der Waals surface area contributed by atoms with Crippen LogP contribution in [0.2, 0.25) is 0 Å². The number of aryl methyl sites for hydroxylation is 1. The first-order chi connectivity index (χ1) is 15.1. The van der Waals surface area contributed by atoms with Gasteiger partial charge in [0, 0.05) is 17.3 Å². The van der Waals surface area contributed by atoms with Gasteiger partial charge in [-0.2, -0.15) is 4.98 Å². The highest BCUT2D eigenvalue weighted by molar-refractivity contribution is 6.09. The van der Waals surface area contributed by atoms with Crippen molar-refractivity contribution in [3.8, 4) is 11.1 Å². The molecule has 0 saturated carbocycles. The second kappa shape index (κ2) is 7.49. The fourth-order valence-corrected chi connectivity index (χ4v) is 3.39. The molecule has 0 bridgehead atoms. The Hall–Kier alpha value is -4.33. The number of carbonyl (C=O) groups is 1. The van der Waals surface area contributed by atoms with Gasteiger partial charge in [-0.15, -0.1) is 5.10 Å². The van der Waals surface area contributed by atoms with Crippen LogP contribution in [0.4, 0.5) is 0 Å². The number of ketones is 1. The van der Waals surface area contributed by atoms with Gasteiger partial charge in [0.1, 0.15) is 6.54 Å². The molecule has 31 heavy (non-hydrogen) atoms. The fourth-order valence-electron chi connectivity index (χ4n) is 3.39. The zero-order chi connectivity index (χ0) is 21.4. The summed E-state index contributed by atoms with van der Waals surface area (Å²) in [5.41, 5.74) is 3.19. The molecule has 0 amide bonds. The van der Waals surface area contributed by atoms with Crippen molar-refractivity contribution in [2.75, 3.05) is 0 Å². The minimum atomic E-state index is -0.302. The van der Waals surface area contributed by atoms with Crippen molar-refractivity contribution in [2.45, 2.75) is 13.5 Å². The van der Waals surface area contributed by atoms with E-state index < -0.39 is 0 Å². The molecule has 0 fully saturated rings. The molecule has 0 aliphatic rings. The zero-order valence-electron chi connectivity index (χ0n) is 16.6. The average molecular weight is 411 g/mol. The highest BCUT2D eigenvalue weighted by Gasteiger charge is 2.13. The number of benzene rings is 2. The van der Waals surface area contributed by atoms with E-state index >= 15 is 0 Å². The van der Waals surface area contributed by atoms with Crippen LogP contribution in [0, 0.1) is 6.92 Å². The molecule has 3 aromatic heterocycles. The van der Waals surface area contributed by atoms with E-state index in [4.69, 9.17) is 4.52 Å². The van der Waals surface area contributed by atoms with Crippen LogP contribution in [-0.2, 0) is 6.54 Å². The van der Waals surface area contributed by atoms with Crippen LogP contribution in [-0.4, -0.2) is 30.1 Å². The molecular formula is C23H17N5O3. The van der Waals surface area contributed by atoms with Crippen molar-refractivity contribution in [3.63, 3.8) is 0 Å². The van der Waals surface area contributed by atoms with E-state index in [2.05, 4.69) is 15.2 Å².